The van der Waals surface area contributed by atoms with Gasteiger partial charge < -0.3 is 4.74 Å². The Morgan fingerprint density at radius 3 is 2.82 bits per heavy atom. The molecule has 2 nitrogen and oxygen atoms in total. The molecule has 0 unspecified atom stereocenters. The first-order valence-corrected chi connectivity index (χ1v) is 5.96. The molecule has 0 fully saturated rings. The number of ether oxygens (including phenoxy) is 1. The Morgan fingerprint density at radius 1 is 1.29 bits per heavy atom. The third-order valence-corrected chi connectivity index (χ3v) is 3.11. The molecule has 0 amide bonds. The molecule has 1 aromatic heterocycles. The van der Waals surface area contributed by atoms with E-state index < -0.39 is 5.82 Å². The summed E-state index contributed by atoms with van der Waals surface area (Å²) in [6.45, 7) is 0.701. The van der Waals surface area contributed by atoms with E-state index in [2.05, 4.69) is 0 Å². The summed E-state index contributed by atoms with van der Waals surface area (Å²) in [5.41, 5.74) is 0.796. The Labute approximate surface area is 103 Å². The van der Waals surface area contributed by atoms with Gasteiger partial charge >= 0.3 is 0 Å². The van der Waals surface area contributed by atoms with Crippen LogP contribution < -0.4 is 0 Å². The van der Waals surface area contributed by atoms with Crippen LogP contribution in [-0.4, -0.2) is 0 Å². The molecule has 0 saturated carbocycles. The number of nitrogens with zero attached hydrogens (tertiary/aromatic N) is 1. The standard InChI is InChI=1S/C13H10FNOS/c14-13-6-10(7-15)3-4-11(13)8-16-9-12-2-1-5-17-12/h1-6H,8-9H2. The van der Waals surface area contributed by atoms with Gasteiger partial charge in [-0.15, -0.1) is 11.3 Å². The molecule has 17 heavy (non-hydrogen) atoms. The fourth-order valence-corrected chi connectivity index (χ4v) is 2.03. The van der Waals surface area contributed by atoms with Crippen LogP contribution in [0.2, 0.25) is 0 Å². The Hall–Kier alpha value is -1.70. The summed E-state index contributed by atoms with van der Waals surface area (Å²) >= 11 is 1.61. The predicted octanol–water partition coefficient (Wildman–Crippen LogP) is 3.48. The summed E-state index contributed by atoms with van der Waals surface area (Å²) in [4.78, 5) is 1.11. The summed E-state index contributed by atoms with van der Waals surface area (Å²) in [6.07, 6.45) is 0. The molecule has 0 radical (unpaired) electrons. The van der Waals surface area contributed by atoms with Crippen LogP contribution in [0.15, 0.2) is 35.7 Å². The second kappa shape index (κ2) is 5.58. The van der Waals surface area contributed by atoms with Gasteiger partial charge in [-0.25, -0.2) is 4.39 Å². The second-order valence-corrected chi connectivity index (χ2v) is 4.52. The molecule has 0 aliphatic rings. The second-order valence-electron chi connectivity index (χ2n) is 3.49. The van der Waals surface area contributed by atoms with Crippen molar-refractivity contribution in [2.75, 3.05) is 0 Å². The first-order chi connectivity index (χ1) is 8.29. The van der Waals surface area contributed by atoms with Crippen molar-refractivity contribution in [2.24, 2.45) is 0 Å². The molecule has 0 atom stereocenters. The van der Waals surface area contributed by atoms with E-state index in [1.807, 2.05) is 23.6 Å². The fraction of sp³-hybridized carbons (Fsp3) is 0.154. The lowest BCUT2D eigenvalue weighted by atomic mass is 10.1. The average molecular weight is 247 g/mol. The topological polar surface area (TPSA) is 33.0 Å². The molecule has 86 valence electrons. The number of hydrogen-bond donors (Lipinski definition) is 0. The van der Waals surface area contributed by atoms with Crippen LogP contribution in [-0.2, 0) is 18.0 Å². The van der Waals surface area contributed by atoms with Gasteiger partial charge in [0.25, 0.3) is 0 Å². The maximum Gasteiger partial charge on any atom is 0.130 e. The number of halogens is 1. The minimum Gasteiger partial charge on any atom is -0.371 e. The minimum atomic E-state index is -0.393. The van der Waals surface area contributed by atoms with Gasteiger partial charge in [-0.3, -0.25) is 0 Å². The molecule has 2 aromatic rings. The van der Waals surface area contributed by atoms with Gasteiger partial charge in [0.05, 0.1) is 24.8 Å². The average Bonchev–Trinajstić information content (AvgIpc) is 2.84. The Morgan fingerprint density at radius 2 is 2.18 bits per heavy atom. The van der Waals surface area contributed by atoms with Crippen LogP contribution in [0.3, 0.4) is 0 Å². The van der Waals surface area contributed by atoms with Gasteiger partial charge in [-0.1, -0.05) is 12.1 Å². The summed E-state index contributed by atoms with van der Waals surface area (Å²) in [7, 11) is 0. The molecule has 0 N–H and O–H groups in total. The smallest absolute Gasteiger partial charge is 0.130 e. The highest BCUT2D eigenvalue weighted by Gasteiger charge is 2.04. The van der Waals surface area contributed by atoms with E-state index in [-0.39, 0.29) is 6.61 Å². The normalized spacial score (nSPS) is 10.1. The first kappa shape index (κ1) is 11.8. The van der Waals surface area contributed by atoms with Crippen LogP contribution in [0.5, 0.6) is 0 Å². The summed E-state index contributed by atoms with van der Waals surface area (Å²) in [6, 6.07) is 10.2. The molecule has 0 saturated heterocycles. The van der Waals surface area contributed by atoms with E-state index >= 15 is 0 Å². The van der Waals surface area contributed by atoms with Crippen molar-refractivity contribution in [3.8, 4) is 6.07 Å². The highest BCUT2D eigenvalue weighted by molar-refractivity contribution is 7.09. The number of hydrogen-bond acceptors (Lipinski definition) is 3. The summed E-state index contributed by atoms with van der Waals surface area (Å²) in [5.74, 6) is -0.393. The highest BCUT2D eigenvalue weighted by Crippen LogP contribution is 2.14. The van der Waals surface area contributed by atoms with Crippen LogP contribution in [0.4, 0.5) is 4.39 Å². The zero-order valence-electron chi connectivity index (χ0n) is 9.02. The zero-order valence-corrected chi connectivity index (χ0v) is 9.84. The lowest BCUT2D eigenvalue weighted by Crippen LogP contribution is -1.96. The van der Waals surface area contributed by atoms with Gasteiger partial charge in [0.1, 0.15) is 5.82 Å². The molecule has 2 rings (SSSR count). The highest BCUT2D eigenvalue weighted by atomic mass is 32.1. The van der Waals surface area contributed by atoms with Crippen molar-refractivity contribution in [1.29, 1.82) is 5.26 Å². The van der Waals surface area contributed by atoms with Crippen LogP contribution in [0.1, 0.15) is 16.0 Å². The zero-order chi connectivity index (χ0) is 12.1. The van der Waals surface area contributed by atoms with Crippen LogP contribution >= 0.6 is 11.3 Å². The Bertz CT molecular complexity index is 531. The van der Waals surface area contributed by atoms with Gasteiger partial charge in [0.2, 0.25) is 0 Å². The van der Waals surface area contributed by atoms with Crippen molar-refractivity contribution in [1.82, 2.24) is 0 Å². The van der Waals surface area contributed by atoms with Crippen molar-refractivity contribution in [3.05, 3.63) is 57.5 Å². The van der Waals surface area contributed by atoms with Gasteiger partial charge in [-0.2, -0.15) is 5.26 Å². The fourth-order valence-electron chi connectivity index (χ4n) is 1.39. The molecular formula is C13H10FNOS. The SMILES string of the molecule is N#Cc1ccc(COCc2cccs2)c(F)c1. The number of nitriles is 1. The summed E-state index contributed by atoms with van der Waals surface area (Å²) < 4.78 is 18.9. The van der Waals surface area contributed by atoms with E-state index in [0.29, 0.717) is 17.7 Å². The Balaban J connectivity index is 1.93. The predicted molar refractivity (Wildman–Crippen MR) is 63.9 cm³/mol. The molecule has 4 heteroatoms. The molecular weight excluding hydrogens is 237 g/mol. The molecule has 0 bridgehead atoms. The third kappa shape index (κ3) is 3.13. The number of thiophene rings is 1. The molecule has 0 spiro atoms. The van der Waals surface area contributed by atoms with Gasteiger partial charge in [-0.05, 0) is 23.6 Å². The van der Waals surface area contributed by atoms with E-state index in [9.17, 15) is 4.39 Å². The van der Waals surface area contributed by atoms with E-state index in [1.54, 1.807) is 23.5 Å². The van der Waals surface area contributed by atoms with Crippen molar-refractivity contribution >= 4 is 11.3 Å². The maximum absolute atomic E-state index is 13.5. The third-order valence-electron chi connectivity index (χ3n) is 2.26. The molecule has 0 aliphatic carbocycles. The van der Waals surface area contributed by atoms with E-state index in [0.717, 1.165) is 4.88 Å². The maximum atomic E-state index is 13.5. The monoisotopic (exact) mass is 247 g/mol. The lowest BCUT2D eigenvalue weighted by Gasteiger charge is -2.04. The summed E-state index contributed by atoms with van der Waals surface area (Å²) in [5, 5.41) is 10.6. The van der Waals surface area contributed by atoms with Crippen molar-refractivity contribution < 1.29 is 9.13 Å². The van der Waals surface area contributed by atoms with Crippen molar-refractivity contribution in [2.45, 2.75) is 13.2 Å². The lowest BCUT2D eigenvalue weighted by molar-refractivity contribution is 0.107. The molecule has 0 aliphatic heterocycles. The quantitative estimate of drug-likeness (QED) is 0.828. The largest absolute Gasteiger partial charge is 0.371 e. The van der Waals surface area contributed by atoms with Crippen LogP contribution in [0.25, 0.3) is 0 Å². The van der Waals surface area contributed by atoms with Crippen molar-refractivity contribution in [3.63, 3.8) is 0 Å². The number of benzene rings is 1. The minimum absolute atomic E-state index is 0.218. The first-order valence-electron chi connectivity index (χ1n) is 5.08. The van der Waals surface area contributed by atoms with Gasteiger partial charge in [0, 0.05) is 10.4 Å². The molecule has 1 heterocycles. The molecule has 1 aromatic carbocycles. The number of rotatable bonds is 4. The Kier molecular flexibility index (Phi) is 3.86. The van der Waals surface area contributed by atoms with Crippen LogP contribution in [0, 0.1) is 17.1 Å². The van der Waals surface area contributed by atoms with E-state index in [4.69, 9.17) is 10.00 Å². The van der Waals surface area contributed by atoms with Gasteiger partial charge in [0.15, 0.2) is 0 Å². The van der Waals surface area contributed by atoms with E-state index in [1.165, 1.54) is 6.07 Å².